The Morgan fingerprint density at radius 3 is 2.69 bits per heavy atom. The number of methoxy groups -OCH3 is 1. The van der Waals surface area contributed by atoms with Crippen molar-refractivity contribution >= 4 is 21.9 Å². The van der Waals surface area contributed by atoms with Crippen LogP contribution in [-0.4, -0.2) is 24.7 Å². The number of alkyl halides is 2. The summed E-state index contributed by atoms with van der Waals surface area (Å²) in [6, 6.07) is 0. The number of hydrogen-bond acceptors (Lipinski definition) is 4. The molecule has 0 N–H and O–H groups in total. The summed E-state index contributed by atoms with van der Waals surface area (Å²) in [5, 5.41) is 0. The fraction of sp³-hybridized carbons (Fsp3) is 0.250. The maximum atomic E-state index is 13.5. The molecule has 0 atom stereocenters. The van der Waals surface area contributed by atoms with Gasteiger partial charge in [0.1, 0.15) is 5.56 Å². The van der Waals surface area contributed by atoms with Gasteiger partial charge in [-0.05, 0) is 15.9 Å². The Morgan fingerprint density at radius 1 is 1.56 bits per heavy atom. The smallest absolute Gasteiger partial charge is 0.388 e. The first-order valence-corrected chi connectivity index (χ1v) is 4.63. The standard InChI is InChI=1S/C8H5BrF3NO3/c1-15-7(14)4-3(9)2-13-6(5(4)10)16-8(11)12/h2,8H,1H3. The first-order valence-electron chi connectivity index (χ1n) is 3.84. The highest BCUT2D eigenvalue weighted by molar-refractivity contribution is 9.10. The van der Waals surface area contributed by atoms with E-state index in [1.165, 1.54) is 0 Å². The second kappa shape index (κ2) is 5.15. The summed E-state index contributed by atoms with van der Waals surface area (Å²) >= 11 is 2.84. The average molecular weight is 300 g/mol. The lowest BCUT2D eigenvalue weighted by Crippen LogP contribution is -2.11. The summed E-state index contributed by atoms with van der Waals surface area (Å²) in [4.78, 5) is 14.4. The van der Waals surface area contributed by atoms with Crippen LogP contribution in [0.1, 0.15) is 10.4 Å². The van der Waals surface area contributed by atoms with E-state index in [0.29, 0.717) is 0 Å². The second-order valence-corrected chi connectivity index (χ2v) is 3.32. The molecule has 0 fully saturated rings. The van der Waals surface area contributed by atoms with Crippen molar-refractivity contribution in [2.24, 2.45) is 0 Å². The SMILES string of the molecule is COC(=O)c1c(Br)cnc(OC(F)F)c1F. The third-order valence-electron chi connectivity index (χ3n) is 1.53. The average Bonchev–Trinajstić information content (AvgIpc) is 2.21. The highest BCUT2D eigenvalue weighted by Gasteiger charge is 2.23. The van der Waals surface area contributed by atoms with Crippen LogP contribution in [-0.2, 0) is 4.74 Å². The molecule has 0 aromatic carbocycles. The largest absolute Gasteiger partial charge is 0.465 e. The van der Waals surface area contributed by atoms with Crippen molar-refractivity contribution in [3.8, 4) is 5.88 Å². The van der Waals surface area contributed by atoms with Crippen LogP contribution in [0.5, 0.6) is 5.88 Å². The minimum atomic E-state index is -3.23. The van der Waals surface area contributed by atoms with Crippen molar-refractivity contribution in [2.75, 3.05) is 7.11 Å². The molecule has 0 unspecified atom stereocenters. The number of rotatable bonds is 3. The predicted molar refractivity (Wildman–Crippen MR) is 49.9 cm³/mol. The monoisotopic (exact) mass is 299 g/mol. The third-order valence-corrected chi connectivity index (χ3v) is 2.13. The highest BCUT2D eigenvalue weighted by Crippen LogP contribution is 2.26. The van der Waals surface area contributed by atoms with Crippen molar-refractivity contribution in [2.45, 2.75) is 6.61 Å². The molecule has 0 aliphatic heterocycles. The second-order valence-electron chi connectivity index (χ2n) is 2.47. The molecule has 1 aromatic heterocycles. The van der Waals surface area contributed by atoms with Gasteiger partial charge >= 0.3 is 12.6 Å². The van der Waals surface area contributed by atoms with Gasteiger partial charge in [-0.15, -0.1) is 0 Å². The van der Waals surface area contributed by atoms with Crippen molar-refractivity contribution in [1.82, 2.24) is 4.98 Å². The molecule has 16 heavy (non-hydrogen) atoms. The van der Waals surface area contributed by atoms with Gasteiger partial charge in [0.15, 0.2) is 0 Å². The fourth-order valence-corrected chi connectivity index (χ4v) is 1.34. The van der Waals surface area contributed by atoms with E-state index in [9.17, 15) is 18.0 Å². The molecule has 0 spiro atoms. The lowest BCUT2D eigenvalue weighted by molar-refractivity contribution is -0.0555. The molecule has 1 aromatic rings. The lowest BCUT2D eigenvalue weighted by atomic mass is 10.2. The molecule has 88 valence electrons. The molecule has 0 radical (unpaired) electrons. The Kier molecular flexibility index (Phi) is 4.11. The van der Waals surface area contributed by atoms with Crippen LogP contribution < -0.4 is 4.74 Å². The van der Waals surface area contributed by atoms with Gasteiger partial charge in [-0.1, -0.05) is 0 Å². The van der Waals surface area contributed by atoms with Gasteiger partial charge in [0.2, 0.25) is 5.82 Å². The van der Waals surface area contributed by atoms with Crippen molar-refractivity contribution in [3.63, 3.8) is 0 Å². The van der Waals surface area contributed by atoms with E-state index in [4.69, 9.17) is 0 Å². The molecule has 0 aliphatic rings. The molecule has 1 rings (SSSR count). The molecule has 0 amide bonds. The van der Waals surface area contributed by atoms with E-state index in [1.54, 1.807) is 0 Å². The predicted octanol–water partition coefficient (Wildman–Crippen LogP) is 2.37. The van der Waals surface area contributed by atoms with Crippen LogP contribution in [0.25, 0.3) is 0 Å². The van der Waals surface area contributed by atoms with Gasteiger partial charge in [0.25, 0.3) is 5.88 Å². The summed E-state index contributed by atoms with van der Waals surface area (Å²) in [5.74, 6) is -3.29. The number of esters is 1. The first-order chi connectivity index (χ1) is 7.47. The van der Waals surface area contributed by atoms with Gasteiger partial charge in [0, 0.05) is 6.20 Å². The molecule has 1 heterocycles. The van der Waals surface area contributed by atoms with Gasteiger partial charge in [0.05, 0.1) is 11.6 Å². The molecular formula is C8H5BrF3NO3. The highest BCUT2D eigenvalue weighted by atomic mass is 79.9. The minimum Gasteiger partial charge on any atom is -0.465 e. The molecule has 8 heteroatoms. The van der Waals surface area contributed by atoms with Gasteiger partial charge in [-0.2, -0.15) is 8.78 Å². The van der Waals surface area contributed by atoms with E-state index in [2.05, 4.69) is 30.4 Å². The Morgan fingerprint density at radius 2 is 2.19 bits per heavy atom. The molecular weight excluding hydrogens is 295 g/mol. The number of halogens is 4. The van der Waals surface area contributed by atoms with Crippen molar-refractivity contribution < 1.29 is 27.4 Å². The number of ether oxygens (including phenoxy) is 2. The zero-order valence-electron chi connectivity index (χ0n) is 7.84. The van der Waals surface area contributed by atoms with Gasteiger partial charge < -0.3 is 9.47 Å². The quantitative estimate of drug-likeness (QED) is 0.804. The molecule has 0 bridgehead atoms. The van der Waals surface area contributed by atoms with Crippen LogP contribution in [0, 0.1) is 5.82 Å². The van der Waals surface area contributed by atoms with E-state index in [1.807, 2.05) is 0 Å². The molecule has 0 saturated heterocycles. The van der Waals surface area contributed by atoms with Crippen molar-refractivity contribution in [3.05, 3.63) is 22.1 Å². The number of hydrogen-bond donors (Lipinski definition) is 0. The van der Waals surface area contributed by atoms with Crippen LogP contribution in [0.3, 0.4) is 0 Å². The van der Waals surface area contributed by atoms with E-state index < -0.39 is 29.8 Å². The summed E-state index contributed by atoms with van der Waals surface area (Å²) < 4.78 is 45.2. The Labute approximate surface area is 96.5 Å². The van der Waals surface area contributed by atoms with E-state index in [-0.39, 0.29) is 4.47 Å². The Balaban J connectivity index is 3.21. The number of pyridine rings is 1. The number of aromatic nitrogens is 1. The normalized spacial score (nSPS) is 10.4. The van der Waals surface area contributed by atoms with E-state index in [0.717, 1.165) is 13.3 Å². The first kappa shape index (κ1) is 12.8. The number of carbonyl (C=O) groups excluding carboxylic acids is 1. The summed E-state index contributed by atoms with van der Waals surface area (Å²) in [6.45, 7) is -3.23. The Hall–Kier alpha value is -1.31. The zero-order chi connectivity index (χ0) is 12.3. The topological polar surface area (TPSA) is 48.4 Å². The van der Waals surface area contributed by atoms with Crippen LogP contribution in [0.4, 0.5) is 13.2 Å². The minimum absolute atomic E-state index is 0.0153. The van der Waals surface area contributed by atoms with Crippen LogP contribution >= 0.6 is 15.9 Å². The number of carbonyl (C=O) groups is 1. The maximum Gasteiger partial charge on any atom is 0.388 e. The summed E-state index contributed by atoms with van der Waals surface area (Å²) in [5.41, 5.74) is -0.548. The lowest BCUT2D eigenvalue weighted by Gasteiger charge is -2.08. The summed E-state index contributed by atoms with van der Waals surface area (Å²) in [7, 11) is 1.03. The maximum absolute atomic E-state index is 13.5. The van der Waals surface area contributed by atoms with Crippen LogP contribution in [0.2, 0.25) is 0 Å². The molecule has 0 saturated carbocycles. The van der Waals surface area contributed by atoms with E-state index >= 15 is 0 Å². The third kappa shape index (κ3) is 2.63. The molecule has 4 nitrogen and oxygen atoms in total. The van der Waals surface area contributed by atoms with Gasteiger partial charge in [-0.25, -0.2) is 14.2 Å². The van der Waals surface area contributed by atoms with Crippen LogP contribution in [0.15, 0.2) is 10.7 Å². The van der Waals surface area contributed by atoms with Gasteiger partial charge in [-0.3, -0.25) is 0 Å². The fourth-order valence-electron chi connectivity index (χ4n) is 0.904. The molecule has 0 aliphatic carbocycles. The summed E-state index contributed by atoms with van der Waals surface area (Å²) in [6.07, 6.45) is 0.965. The van der Waals surface area contributed by atoms with Crippen molar-refractivity contribution in [1.29, 1.82) is 0 Å². The zero-order valence-corrected chi connectivity index (χ0v) is 9.42. The Bertz CT molecular complexity index is 414. The number of nitrogens with zero attached hydrogens (tertiary/aromatic N) is 1.